The molecule has 0 aromatic heterocycles. The second-order valence-corrected chi connectivity index (χ2v) is 5.11. The van der Waals surface area contributed by atoms with Gasteiger partial charge in [-0.15, -0.1) is 0 Å². The number of rotatable bonds is 3. The van der Waals surface area contributed by atoms with Gasteiger partial charge in [-0.2, -0.15) is 0 Å². The highest BCUT2D eigenvalue weighted by atomic mass is 79.9. The fraction of sp³-hybridized carbons (Fsp3) is 0.455. The van der Waals surface area contributed by atoms with Crippen LogP contribution in [-0.2, 0) is 0 Å². The summed E-state index contributed by atoms with van der Waals surface area (Å²) in [6, 6.07) is 7.10. The van der Waals surface area contributed by atoms with Crippen LogP contribution in [0.2, 0.25) is 0 Å². The number of nitrogens with one attached hydrogen (secondary N) is 1. The van der Waals surface area contributed by atoms with Crippen LogP contribution in [0.3, 0.4) is 0 Å². The molecule has 1 aromatic rings. The van der Waals surface area contributed by atoms with Crippen LogP contribution in [0.5, 0.6) is 0 Å². The third-order valence-electron chi connectivity index (χ3n) is 2.90. The number of nitro benzene ring substituents is 1. The fourth-order valence-corrected chi connectivity index (χ4v) is 2.38. The number of hydrogen-bond donors (Lipinski definition) is 1. The molecule has 17 heavy (non-hydrogen) atoms. The van der Waals surface area contributed by atoms with Gasteiger partial charge in [0.25, 0.3) is 5.69 Å². The molecule has 0 aliphatic carbocycles. The van der Waals surface area contributed by atoms with Crippen molar-refractivity contribution in [3.8, 4) is 0 Å². The first kappa shape index (κ1) is 12.3. The van der Waals surface area contributed by atoms with Crippen molar-refractivity contribution in [1.82, 2.24) is 3.93 Å². The Bertz CT molecular complexity index is 405. The van der Waals surface area contributed by atoms with Gasteiger partial charge in [-0.25, -0.2) is 3.93 Å². The summed E-state index contributed by atoms with van der Waals surface area (Å²) in [6.45, 7) is 1.91. The zero-order valence-electron chi connectivity index (χ0n) is 9.30. The normalized spacial score (nSPS) is 17.9. The van der Waals surface area contributed by atoms with E-state index in [9.17, 15) is 10.1 Å². The zero-order valence-corrected chi connectivity index (χ0v) is 10.9. The summed E-state index contributed by atoms with van der Waals surface area (Å²) in [5.74, 6) is 0. The predicted molar refractivity (Wildman–Crippen MR) is 70.2 cm³/mol. The molecule has 1 aliphatic heterocycles. The average molecular weight is 300 g/mol. The molecule has 0 unspecified atom stereocenters. The molecule has 0 saturated carbocycles. The Morgan fingerprint density at radius 1 is 1.35 bits per heavy atom. The minimum atomic E-state index is -0.345. The van der Waals surface area contributed by atoms with Crippen LogP contribution < -0.4 is 5.32 Å². The molecule has 1 heterocycles. The van der Waals surface area contributed by atoms with E-state index in [1.807, 2.05) is 6.07 Å². The molecule has 0 bridgehead atoms. The molecule has 1 aliphatic rings. The first-order chi connectivity index (χ1) is 8.16. The first-order valence-corrected chi connectivity index (χ1v) is 6.28. The maximum absolute atomic E-state index is 10.9. The van der Waals surface area contributed by atoms with Gasteiger partial charge in [-0.3, -0.25) is 10.1 Å². The summed E-state index contributed by atoms with van der Waals surface area (Å²) in [5.41, 5.74) is 0.763. The molecule has 1 N–H and O–H groups in total. The summed E-state index contributed by atoms with van der Waals surface area (Å²) >= 11 is 3.44. The third kappa shape index (κ3) is 3.17. The van der Waals surface area contributed by atoms with E-state index in [4.69, 9.17) is 0 Å². The molecule has 0 radical (unpaired) electrons. The van der Waals surface area contributed by atoms with Crippen molar-refractivity contribution in [2.45, 2.75) is 18.9 Å². The molecule has 92 valence electrons. The van der Waals surface area contributed by atoms with E-state index in [0.717, 1.165) is 25.9 Å². The monoisotopic (exact) mass is 299 g/mol. The number of nitrogens with zero attached hydrogens (tertiary/aromatic N) is 2. The highest BCUT2D eigenvalue weighted by Crippen LogP contribution is 2.26. The first-order valence-electron chi connectivity index (χ1n) is 5.57. The zero-order chi connectivity index (χ0) is 12.3. The Labute approximate surface area is 108 Å². The van der Waals surface area contributed by atoms with Crippen LogP contribution in [0.15, 0.2) is 24.3 Å². The SMILES string of the molecule is O=[N+]([O-])c1ccccc1NC1CCN(Br)CC1. The Balaban J connectivity index is 2.05. The van der Waals surface area contributed by atoms with Gasteiger partial charge in [0.1, 0.15) is 5.69 Å². The number of piperidine rings is 1. The van der Waals surface area contributed by atoms with Crippen LogP contribution in [0.25, 0.3) is 0 Å². The lowest BCUT2D eigenvalue weighted by Gasteiger charge is -2.28. The summed E-state index contributed by atoms with van der Waals surface area (Å²) in [7, 11) is 0. The van der Waals surface area contributed by atoms with Gasteiger partial charge in [0.05, 0.1) is 4.92 Å². The standard InChI is InChI=1S/C11H14BrN3O2/c12-14-7-5-9(6-8-14)13-10-3-1-2-4-11(10)15(16)17/h1-4,9,13H,5-8H2. The molecular formula is C11H14BrN3O2. The van der Waals surface area contributed by atoms with E-state index in [1.165, 1.54) is 6.07 Å². The maximum Gasteiger partial charge on any atom is 0.292 e. The van der Waals surface area contributed by atoms with Gasteiger partial charge in [0, 0.05) is 41.3 Å². The molecule has 1 saturated heterocycles. The second-order valence-electron chi connectivity index (χ2n) is 4.10. The van der Waals surface area contributed by atoms with Crippen LogP contribution in [0.4, 0.5) is 11.4 Å². The van der Waals surface area contributed by atoms with Crippen molar-refractivity contribution in [2.75, 3.05) is 18.4 Å². The van der Waals surface area contributed by atoms with Crippen molar-refractivity contribution < 1.29 is 4.92 Å². The van der Waals surface area contributed by atoms with Crippen LogP contribution in [0, 0.1) is 10.1 Å². The highest BCUT2D eigenvalue weighted by molar-refractivity contribution is 9.07. The lowest BCUT2D eigenvalue weighted by Crippen LogP contribution is -2.34. The maximum atomic E-state index is 10.9. The highest BCUT2D eigenvalue weighted by Gasteiger charge is 2.20. The van der Waals surface area contributed by atoms with Gasteiger partial charge in [-0.05, 0) is 18.9 Å². The lowest BCUT2D eigenvalue weighted by molar-refractivity contribution is -0.384. The molecule has 1 fully saturated rings. The quantitative estimate of drug-likeness (QED) is 0.530. The summed E-state index contributed by atoms with van der Waals surface area (Å²) in [4.78, 5) is 10.5. The van der Waals surface area contributed by atoms with Crippen molar-refractivity contribution in [1.29, 1.82) is 0 Å². The smallest absolute Gasteiger partial charge is 0.292 e. The number of benzene rings is 1. The predicted octanol–water partition coefficient (Wildman–Crippen LogP) is 2.78. The Morgan fingerprint density at radius 3 is 2.65 bits per heavy atom. The van der Waals surface area contributed by atoms with Crippen molar-refractivity contribution in [3.05, 3.63) is 34.4 Å². The lowest BCUT2D eigenvalue weighted by atomic mass is 10.1. The summed E-state index contributed by atoms with van der Waals surface area (Å²) < 4.78 is 2.09. The molecule has 5 nitrogen and oxygen atoms in total. The molecule has 6 heteroatoms. The van der Waals surface area contributed by atoms with E-state index in [-0.39, 0.29) is 10.6 Å². The Hall–Kier alpha value is -1.14. The number of anilines is 1. The Morgan fingerprint density at radius 2 is 2.00 bits per heavy atom. The van der Waals surface area contributed by atoms with Gasteiger partial charge < -0.3 is 5.32 Å². The minimum absolute atomic E-state index is 0.147. The van der Waals surface area contributed by atoms with Crippen molar-refractivity contribution in [2.24, 2.45) is 0 Å². The van der Waals surface area contributed by atoms with E-state index in [0.29, 0.717) is 11.7 Å². The fourth-order valence-electron chi connectivity index (χ4n) is 1.97. The third-order valence-corrected chi connectivity index (χ3v) is 3.61. The molecule has 0 amide bonds. The summed E-state index contributed by atoms with van der Waals surface area (Å²) in [6.07, 6.45) is 1.97. The topological polar surface area (TPSA) is 58.4 Å². The van der Waals surface area contributed by atoms with Gasteiger partial charge >= 0.3 is 0 Å². The number of para-hydroxylation sites is 2. The van der Waals surface area contributed by atoms with Crippen molar-refractivity contribution in [3.63, 3.8) is 0 Å². The van der Waals surface area contributed by atoms with E-state index in [2.05, 4.69) is 25.4 Å². The molecule has 2 rings (SSSR count). The molecular weight excluding hydrogens is 286 g/mol. The number of nitro groups is 1. The average Bonchev–Trinajstić information content (AvgIpc) is 2.32. The van der Waals surface area contributed by atoms with E-state index >= 15 is 0 Å². The van der Waals surface area contributed by atoms with Gasteiger partial charge in [-0.1, -0.05) is 12.1 Å². The van der Waals surface area contributed by atoms with Crippen LogP contribution in [-0.4, -0.2) is 28.0 Å². The number of hydrogen-bond acceptors (Lipinski definition) is 4. The largest absolute Gasteiger partial charge is 0.377 e. The number of halogens is 1. The van der Waals surface area contributed by atoms with Crippen molar-refractivity contribution >= 4 is 27.5 Å². The molecule has 0 atom stereocenters. The Kier molecular flexibility index (Phi) is 3.96. The molecule has 0 spiro atoms. The van der Waals surface area contributed by atoms with Crippen LogP contribution >= 0.6 is 16.1 Å². The minimum Gasteiger partial charge on any atom is -0.377 e. The summed E-state index contributed by atoms with van der Waals surface area (Å²) in [5, 5.41) is 14.1. The van der Waals surface area contributed by atoms with Gasteiger partial charge in [0.2, 0.25) is 0 Å². The second kappa shape index (κ2) is 5.46. The van der Waals surface area contributed by atoms with Gasteiger partial charge in [0.15, 0.2) is 0 Å². The molecule has 1 aromatic carbocycles. The van der Waals surface area contributed by atoms with Crippen LogP contribution in [0.1, 0.15) is 12.8 Å². The van der Waals surface area contributed by atoms with E-state index in [1.54, 1.807) is 12.1 Å². The van der Waals surface area contributed by atoms with E-state index < -0.39 is 0 Å².